The number of rotatable bonds is 6. The highest BCUT2D eigenvalue weighted by Crippen LogP contribution is 2.10. The molecule has 0 unspecified atom stereocenters. The maximum atomic E-state index is 12.1. The van der Waals surface area contributed by atoms with Crippen LogP contribution < -0.4 is 5.32 Å². The predicted octanol–water partition coefficient (Wildman–Crippen LogP) is 2.05. The maximum absolute atomic E-state index is 12.1. The number of Topliss-reactive ketones (excluding diaryl/α,β-unsaturated/α-hetero) is 1. The topological polar surface area (TPSA) is 46.9 Å². The highest BCUT2D eigenvalue weighted by molar-refractivity contribution is 5.96. The van der Waals surface area contributed by atoms with E-state index >= 15 is 0 Å². The summed E-state index contributed by atoms with van der Waals surface area (Å²) in [4.78, 5) is 12.1. The Bertz CT molecular complexity index is 505. The number of hydrogen-bond donors (Lipinski definition) is 1. The SMILES string of the molecule is CCCNCC(=O)c1ccnn1-c1ccccc1. The molecule has 1 heterocycles. The lowest BCUT2D eigenvalue weighted by Gasteiger charge is -2.07. The summed E-state index contributed by atoms with van der Waals surface area (Å²) in [6.45, 7) is 3.28. The highest BCUT2D eigenvalue weighted by Gasteiger charge is 2.12. The molecule has 94 valence electrons. The Morgan fingerprint density at radius 1 is 1.28 bits per heavy atom. The number of ketones is 1. The third kappa shape index (κ3) is 2.84. The van der Waals surface area contributed by atoms with E-state index in [9.17, 15) is 4.79 Å². The molecule has 2 rings (SSSR count). The van der Waals surface area contributed by atoms with E-state index in [1.807, 2.05) is 30.3 Å². The number of carbonyl (C=O) groups is 1. The van der Waals surface area contributed by atoms with Gasteiger partial charge in [-0.1, -0.05) is 25.1 Å². The van der Waals surface area contributed by atoms with Crippen molar-refractivity contribution in [3.63, 3.8) is 0 Å². The summed E-state index contributed by atoms with van der Waals surface area (Å²) in [5.74, 6) is 0.0600. The zero-order valence-electron chi connectivity index (χ0n) is 10.5. The van der Waals surface area contributed by atoms with Gasteiger partial charge in [0.1, 0.15) is 5.69 Å². The molecule has 0 aliphatic heterocycles. The molecule has 0 saturated heterocycles. The molecule has 0 aliphatic rings. The summed E-state index contributed by atoms with van der Waals surface area (Å²) in [6, 6.07) is 11.4. The van der Waals surface area contributed by atoms with Crippen molar-refractivity contribution in [2.45, 2.75) is 13.3 Å². The minimum Gasteiger partial charge on any atom is -0.310 e. The van der Waals surface area contributed by atoms with E-state index in [1.54, 1.807) is 16.9 Å². The molecule has 18 heavy (non-hydrogen) atoms. The van der Waals surface area contributed by atoms with Gasteiger partial charge in [-0.2, -0.15) is 5.10 Å². The Labute approximate surface area is 107 Å². The number of benzene rings is 1. The Morgan fingerprint density at radius 2 is 2.06 bits per heavy atom. The van der Waals surface area contributed by atoms with Gasteiger partial charge in [-0.15, -0.1) is 0 Å². The molecule has 0 fully saturated rings. The van der Waals surface area contributed by atoms with Gasteiger partial charge in [-0.3, -0.25) is 4.79 Å². The monoisotopic (exact) mass is 243 g/mol. The standard InChI is InChI=1S/C14H17N3O/c1-2-9-15-11-14(18)13-8-10-16-17(13)12-6-4-3-5-7-12/h3-8,10,15H,2,9,11H2,1H3. The van der Waals surface area contributed by atoms with Crippen molar-refractivity contribution in [2.24, 2.45) is 0 Å². The van der Waals surface area contributed by atoms with Gasteiger partial charge in [0.15, 0.2) is 5.78 Å². The minimum absolute atomic E-state index is 0.0600. The van der Waals surface area contributed by atoms with Gasteiger partial charge < -0.3 is 5.32 Å². The molecule has 1 aromatic carbocycles. The molecule has 0 bridgehead atoms. The summed E-state index contributed by atoms with van der Waals surface area (Å²) >= 11 is 0. The predicted molar refractivity (Wildman–Crippen MR) is 71.1 cm³/mol. The first kappa shape index (κ1) is 12.5. The second kappa shape index (κ2) is 6.12. The molecular weight excluding hydrogens is 226 g/mol. The molecule has 2 aromatic rings. The van der Waals surface area contributed by atoms with Gasteiger partial charge in [0.05, 0.1) is 18.4 Å². The molecule has 0 spiro atoms. The van der Waals surface area contributed by atoms with Gasteiger partial charge in [-0.25, -0.2) is 4.68 Å². The van der Waals surface area contributed by atoms with Gasteiger partial charge in [0, 0.05) is 0 Å². The number of nitrogens with zero attached hydrogens (tertiary/aromatic N) is 2. The first-order chi connectivity index (χ1) is 8.83. The van der Waals surface area contributed by atoms with E-state index in [4.69, 9.17) is 0 Å². The quantitative estimate of drug-likeness (QED) is 0.624. The van der Waals surface area contributed by atoms with Crippen molar-refractivity contribution >= 4 is 5.78 Å². The van der Waals surface area contributed by atoms with Crippen molar-refractivity contribution in [2.75, 3.05) is 13.1 Å². The molecule has 0 amide bonds. The number of para-hydroxylation sites is 1. The van der Waals surface area contributed by atoms with Crippen LogP contribution in [0, 0.1) is 0 Å². The zero-order chi connectivity index (χ0) is 12.8. The normalized spacial score (nSPS) is 10.5. The summed E-state index contributed by atoms with van der Waals surface area (Å²) in [7, 11) is 0. The summed E-state index contributed by atoms with van der Waals surface area (Å²) in [5, 5.41) is 7.31. The van der Waals surface area contributed by atoms with Crippen LogP contribution in [0.2, 0.25) is 0 Å². The van der Waals surface area contributed by atoms with Crippen LogP contribution in [0.4, 0.5) is 0 Å². The first-order valence-corrected chi connectivity index (χ1v) is 6.16. The van der Waals surface area contributed by atoms with Crippen molar-refractivity contribution in [3.8, 4) is 5.69 Å². The lowest BCUT2D eigenvalue weighted by Crippen LogP contribution is -2.25. The van der Waals surface area contributed by atoms with E-state index in [1.165, 1.54) is 0 Å². The van der Waals surface area contributed by atoms with E-state index < -0.39 is 0 Å². The lowest BCUT2D eigenvalue weighted by molar-refractivity contribution is 0.0984. The fourth-order valence-electron chi connectivity index (χ4n) is 1.76. The maximum Gasteiger partial charge on any atom is 0.195 e. The van der Waals surface area contributed by atoms with Crippen LogP contribution >= 0.6 is 0 Å². The minimum atomic E-state index is 0.0600. The first-order valence-electron chi connectivity index (χ1n) is 6.16. The van der Waals surface area contributed by atoms with E-state index in [0.29, 0.717) is 12.2 Å². The molecule has 0 saturated carbocycles. The summed E-state index contributed by atoms with van der Waals surface area (Å²) in [5.41, 5.74) is 1.52. The van der Waals surface area contributed by atoms with Crippen molar-refractivity contribution in [3.05, 3.63) is 48.3 Å². The highest BCUT2D eigenvalue weighted by atomic mass is 16.1. The fourth-order valence-corrected chi connectivity index (χ4v) is 1.76. The smallest absolute Gasteiger partial charge is 0.195 e. The molecule has 0 aliphatic carbocycles. The van der Waals surface area contributed by atoms with Crippen molar-refractivity contribution < 1.29 is 4.79 Å². The molecule has 0 radical (unpaired) electrons. The molecule has 1 aromatic heterocycles. The van der Waals surface area contributed by atoms with Crippen LogP contribution in [0.1, 0.15) is 23.8 Å². The third-order valence-electron chi connectivity index (χ3n) is 2.64. The lowest BCUT2D eigenvalue weighted by atomic mass is 10.2. The second-order valence-electron chi connectivity index (χ2n) is 4.06. The van der Waals surface area contributed by atoms with Crippen LogP contribution in [0.25, 0.3) is 5.69 Å². The van der Waals surface area contributed by atoms with Crippen molar-refractivity contribution in [1.82, 2.24) is 15.1 Å². The Hall–Kier alpha value is -1.94. The Morgan fingerprint density at radius 3 is 2.78 bits per heavy atom. The van der Waals surface area contributed by atoms with Crippen LogP contribution in [0.15, 0.2) is 42.6 Å². The Kier molecular flexibility index (Phi) is 4.25. The molecular formula is C14H17N3O. The van der Waals surface area contributed by atoms with Crippen LogP contribution in [-0.2, 0) is 0 Å². The zero-order valence-corrected chi connectivity index (χ0v) is 10.5. The van der Waals surface area contributed by atoms with Gasteiger partial charge in [0.25, 0.3) is 0 Å². The summed E-state index contributed by atoms with van der Waals surface area (Å²) < 4.78 is 1.68. The van der Waals surface area contributed by atoms with E-state index in [0.717, 1.165) is 18.7 Å². The average Bonchev–Trinajstić information content (AvgIpc) is 2.89. The number of hydrogen-bond acceptors (Lipinski definition) is 3. The van der Waals surface area contributed by atoms with Crippen LogP contribution in [0.3, 0.4) is 0 Å². The van der Waals surface area contributed by atoms with Gasteiger partial charge >= 0.3 is 0 Å². The van der Waals surface area contributed by atoms with Crippen molar-refractivity contribution in [1.29, 1.82) is 0 Å². The van der Waals surface area contributed by atoms with Crippen LogP contribution in [0.5, 0.6) is 0 Å². The van der Waals surface area contributed by atoms with Gasteiger partial charge in [-0.05, 0) is 31.2 Å². The average molecular weight is 243 g/mol. The summed E-state index contributed by atoms with van der Waals surface area (Å²) in [6.07, 6.45) is 2.67. The van der Waals surface area contributed by atoms with Crippen LogP contribution in [-0.4, -0.2) is 28.7 Å². The second-order valence-corrected chi connectivity index (χ2v) is 4.06. The largest absolute Gasteiger partial charge is 0.310 e. The van der Waals surface area contributed by atoms with E-state index in [2.05, 4.69) is 17.3 Å². The molecule has 0 atom stereocenters. The number of aromatic nitrogens is 2. The number of carbonyl (C=O) groups excluding carboxylic acids is 1. The van der Waals surface area contributed by atoms with E-state index in [-0.39, 0.29) is 5.78 Å². The Balaban J connectivity index is 2.15. The number of nitrogens with one attached hydrogen (secondary N) is 1. The third-order valence-corrected chi connectivity index (χ3v) is 2.64. The van der Waals surface area contributed by atoms with Gasteiger partial charge in [0.2, 0.25) is 0 Å². The molecule has 4 heteroatoms. The molecule has 4 nitrogen and oxygen atoms in total. The molecule has 1 N–H and O–H groups in total. The fraction of sp³-hybridized carbons (Fsp3) is 0.286.